The van der Waals surface area contributed by atoms with E-state index in [1.807, 2.05) is 12.1 Å². The maximum Gasteiger partial charge on any atom is 0.168 e. The molecule has 2 nitrogen and oxygen atoms in total. The Hall–Kier alpha value is -2.58. The van der Waals surface area contributed by atoms with Gasteiger partial charge in [-0.1, -0.05) is 60.2 Å². The van der Waals surface area contributed by atoms with Crippen molar-refractivity contribution in [1.82, 2.24) is 0 Å². The molecule has 1 aromatic rings. The number of allylic oxidation sites excluding steroid dienone is 5. The maximum atomic E-state index is 9.94. The van der Waals surface area contributed by atoms with E-state index in [1.165, 1.54) is 11.1 Å². The molecule has 0 saturated carbocycles. The molecule has 3 unspecified atom stereocenters. The van der Waals surface area contributed by atoms with Crippen molar-refractivity contribution in [2.45, 2.75) is 39.0 Å². The van der Waals surface area contributed by atoms with Gasteiger partial charge in [0.2, 0.25) is 0 Å². The van der Waals surface area contributed by atoms with Gasteiger partial charge >= 0.3 is 0 Å². The second-order valence-electron chi connectivity index (χ2n) is 7.41. The van der Waals surface area contributed by atoms with Crippen LogP contribution in [0.5, 0.6) is 0 Å². The summed E-state index contributed by atoms with van der Waals surface area (Å²) in [6.45, 7) is 8.43. The van der Waals surface area contributed by atoms with Crippen molar-refractivity contribution in [2.75, 3.05) is 0 Å². The fraction of sp³-hybridized carbons (Fsp3) is 0.391. The summed E-state index contributed by atoms with van der Waals surface area (Å²) in [6.07, 6.45) is 6.70. The maximum absolute atomic E-state index is 9.94. The summed E-state index contributed by atoms with van der Waals surface area (Å²) in [5.74, 6) is 0.608. The number of nitrogens with zero attached hydrogens (tertiary/aromatic N) is 2. The molecule has 0 heterocycles. The highest BCUT2D eigenvalue weighted by molar-refractivity contribution is 5.46. The second kappa shape index (κ2) is 6.73. The number of nitriles is 2. The number of benzene rings is 1. The minimum Gasteiger partial charge on any atom is -0.196 e. The molecule has 126 valence electrons. The first-order valence-corrected chi connectivity index (χ1v) is 8.93. The smallest absolute Gasteiger partial charge is 0.168 e. The Labute approximate surface area is 150 Å². The Morgan fingerprint density at radius 3 is 2.48 bits per heavy atom. The lowest BCUT2D eigenvalue weighted by atomic mass is 9.60. The molecular formula is C23H24N2. The fourth-order valence-corrected chi connectivity index (χ4v) is 4.66. The minimum atomic E-state index is -1.05. The fourth-order valence-electron chi connectivity index (χ4n) is 4.66. The van der Waals surface area contributed by atoms with E-state index in [0.29, 0.717) is 12.3 Å². The molecule has 0 amide bonds. The van der Waals surface area contributed by atoms with Gasteiger partial charge in [0.1, 0.15) is 0 Å². The summed E-state index contributed by atoms with van der Waals surface area (Å²) in [5, 5.41) is 19.9. The van der Waals surface area contributed by atoms with Crippen LogP contribution in [0, 0.1) is 39.9 Å². The van der Waals surface area contributed by atoms with Crippen LogP contribution in [-0.4, -0.2) is 0 Å². The predicted molar refractivity (Wildman–Crippen MR) is 100 cm³/mol. The van der Waals surface area contributed by atoms with E-state index in [-0.39, 0.29) is 11.8 Å². The molecule has 2 heteroatoms. The monoisotopic (exact) mass is 328 g/mol. The average molecular weight is 328 g/mol. The summed E-state index contributed by atoms with van der Waals surface area (Å²) in [6, 6.07) is 15.2. The minimum absolute atomic E-state index is 0.131. The standard InChI is InChI=1S/C23H24N2/c1-16(2)19-12-11-17(3)22-21(19)20(18-8-5-4-6-9-18)10-7-13-23(22,14-24)15-25/h4-10,19-21H,1,11-13H2,2-3H3. The predicted octanol–water partition coefficient (Wildman–Crippen LogP) is 5.68. The van der Waals surface area contributed by atoms with E-state index < -0.39 is 5.41 Å². The van der Waals surface area contributed by atoms with E-state index in [4.69, 9.17) is 0 Å². The molecule has 0 N–H and O–H groups in total. The second-order valence-corrected chi connectivity index (χ2v) is 7.41. The van der Waals surface area contributed by atoms with Crippen LogP contribution in [0.15, 0.2) is 65.8 Å². The Kier molecular flexibility index (Phi) is 4.65. The van der Waals surface area contributed by atoms with E-state index in [0.717, 1.165) is 24.0 Å². The Morgan fingerprint density at radius 2 is 1.88 bits per heavy atom. The molecule has 0 radical (unpaired) electrons. The molecule has 0 saturated heterocycles. The van der Waals surface area contributed by atoms with Gasteiger partial charge in [0.15, 0.2) is 5.41 Å². The molecule has 3 rings (SSSR count). The van der Waals surface area contributed by atoms with Crippen molar-refractivity contribution in [1.29, 1.82) is 10.5 Å². The van der Waals surface area contributed by atoms with Crippen LogP contribution in [0.3, 0.4) is 0 Å². The summed E-state index contributed by atoms with van der Waals surface area (Å²) in [4.78, 5) is 0. The molecule has 25 heavy (non-hydrogen) atoms. The quantitative estimate of drug-likeness (QED) is 0.655. The molecular weight excluding hydrogens is 304 g/mol. The third-order valence-electron chi connectivity index (χ3n) is 5.87. The van der Waals surface area contributed by atoms with Crippen LogP contribution >= 0.6 is 0 Å². The van der Waals surface area contributed by atoms with Crippen LogP contribution in [-0.2, 0) is 0 Å². The zero-order chi connectivity index (χ0) is 18.0. The molecule has 0 spiro atoms. The lowest BCUT2D eigenvalue weighted by Gasteiger charge is -2.42. The highest BCUT2D eigenvalue weighted by atomic mass is 14.5. The Bertz CT molecular complexity index is 800. The van der Waals surface area contributed by atoms with Gasteiger partial charge in [-0.3, -0.25) is 0 Å². The van der Waals surface area contributed by atoms with Crippen molar-refractivity contribution in [3.8, 4) is 12.1 Å². The van der Waals surface area contributed by atoms with Crippen molar-refractivity contribution in [2.24, 2.45) is 17.3 Å². The van der Waals surface area contributed by atoms with E-state index in [2.05, 4.69) is 62.9 Å². The molecule has 3 atom stereocenters. The van der Waals surface area contributed by atoms with Gasteiger partial charge in [0.25, 0.3) is 0 Å². The van der Waals surface area contributed by atoms with Crippen LogP contribution in [0.25, 0.3) is 0 Å². The zero-order valence-corrected chi connectivity index (χ0v) is 15.0. The van der Waals surface area contributed by atoms with Crippen LogP contribution in [0.1, 0.15) is 44.6 Å². The molecule has 0 bridgehead atoms. The first-order valence-electron chi connectivity index (χ1n) is 8.93. The van der Waals surface area contributed by atoms with E-state index in [1.54, 1.807) is 0 Å². The zero-order valence-electron chi connectivity index (χ0n) is 15.0. The van der Waals surface area contributed by atoms with Gasteiger partial charge in [-0.25, -0.2) is 0 Å². The van der Waals surface area contributed by atoms with E-state index in [9.17, 15) is 10.5 Å². The first kappa shape index (κ1) is 17.2. The van der Waals surface area contributed by atoms with Crippen molar-refractivity contribution in [3.63, 3.8) is 0 Å². The SMILES string of the molecule is C=C(C)C1CCC(C)=C2C1C(c1ccccc1)C=CCC2(C#N)C#N. The molecule has 2 aliphatic carbocycles. The van der Waals surface area contributed by atoms with E-state index >= 15 is 0 Å². The molecule has 0 aliphatic heterocycles. The summed E-state index contributed by atoms with van der Waals surface area (Å²) in [7, 11) is 0. The number of hydrogen-bond donors (Lipinski definition) is 0. The van der Waals surface area contributed by atoms with Gasteiger partial charge in [-0.05, 0) is 49.7 Å². The van der Waals surface area contributed by atoms with Crippen LogP contribution in [0.4, 0.5) is 0 Å². The van der Waals surface area contributed by atoms with Crippen LogP contribution < -0.4 is 0 Å². The van der Waals surface area contributed by atoms with Gasteiger partial charge in [0, 0.05) is 12.3 Å². The van der Waals surface area contributed by atoms with Gasteiger partial charge in [-0.2, -0.15) is 10.5 Å². The van der Waals surface area contributed by atoms with Crippen molar-refractivity contribution < 1.29 is 0 Å². The molecule has 0 aromatic heterocycles. The topological polar surface area (TPSA) is 47.6 Å². The first-order chi connectivity index (χ1) is 12.0. The lowest BCUT2D eigenvalue weighted by Crippen LogP contribution is -2.35. The average Bonchev–Trinajstić information content (AvgIpc) is 2.80. The third kappa shape index (κ3) is 2.83. The number of hydrogen-bond acceptors (Lipinski definition) is 2. The Balaban J connectivity index is 2.25. The summed E-state index contributed by atoms with van der Waals surface area (Å²) >= 11 is 0. The normalized spacial score (nSPS) is 27.6. The Morgan fingerprint density at radius 1 is 1.20 bits per heavy atom. The van der Waals surface area contributed by atoms with Crippen molar-refractivity contribution in [3.05, 3.63) is 71.3 Å². The molecule has 1 aromatic carbocycles. The highest BCUT2D eigenvalue weighted by Gasteiger charge is 2.47. The van der Waals surface area contributed by atoms with Crippen LogP contribution in [0.2, 0.25) is 0 Å². The van der Waals surface area contributed by atoms with Gasteiger partial charge in [0.05, 0.1) is 12.1 Å². The van der Waals surface area contributed by atoms with Gasteiger partial charge in [-0.15, -0.1) is 0 Å². The van der Waals surface area contributed by atoms with Gasteiger partial charge < -0.3 is 0 Å². The summed E-state index contributed by atoms with van der Waals surface area (Å²) < 4.78 is 0. The van der Waals surface area contributed by atoms with Crippen molar-refractivity contribution >= 4 is 0 Å². The number of fused-ring (bicyclic) bond motifs is 1. The lowest BCUT2D eigenvalue weighted by molar-refractivity contribution is 0.321. The third-order valence-corrected chi connectivity index (χ3v) is 5.87. The molecule has 2 aliphatic rings. The summed E-state index contributed by atoms with van der Waals surface area (Å²) in [5.41, 5.74) is 3.61. The molecule has 0 fully saturated rings. The largest absolute Gasteiger partial charge is 0.196 e. The number of rotatable bonds is 2. The highest BCUT2D eigenvalue weighted by Crippen LogP contribution is 2.54.